The van der Waals surface area contributed by atoms with Crippen molar-refractivity contribution in [3.05, 3.63) is 35.4 Å². The van der Waals surface area contributed by atoms with Gasteiger partial charge in [-0.15, -0.1) is 0 Å². The third-order valence-electron chi connectivity index (χ3n) is 3.21. The van der Waals surface area contributed by atoms with Crippen molar-refractivity contribution in [2.75, 3.05) is 19.6 Å². The number of hydrogen-bond donors (Lipinski definition) is 1. The fourth-order valence-corrected chi connectivity index (χ4v) is 1.96. The highest BCUT2D eigenvalue weighted by atomic mass is 15.1. The fraction of sp³-hybridized carbons (Fsp3) is 0.571. The van der Waals surface area contributed by atoms with Gasteiger partial charge in [0.25, 0.3) is 0 Å². The van der Waals surface area contributed by atoms with Gasteiger partial charge >= 0.3 is 0 Å². The molecule has 2 N–H and O–H groups in total. The Kier molecular flexibility index (Phi) is 5.50. The van der Waals surface area contributed by atoms with Crippen molar-refractivity contribution in [1.82, 2.24) is 4.90 Å². The number of hydrogen-bond acceptors (Lipinski definition) is 2. The van der Waals surface area contributed by atoms with Crippen molar-refractivity contribution in [3.8, 4) is 0 Å². The number of benzene rings is 1. The molecule has 2 nitrogen and oxygen atoms in total. The predicted octanol–water partition coefficient (Wildman–Crippen LogP) is 2.59. The summed E-state index contributed by atoms with van der Waals surface area (Å²) in [6.45, 7) is 10.7. The highest BCUT2D eigenvalue weighted by Crippen LogP contribution is 2.17. The Balaban J connectivity index is 2.61. The lowest BCUT2D eigenvalue weighted by Gasteiger charge is -2.23. The summed E-state index contributed by atoms with van der Waals surface area (Å²) in [6, 6.07) is 8.68. The van der Waals surface area contributed by atoms with E-state index in [1.54, 1.807) is 0 Å². The molecule has 0 amide bonds. The van der Waals surface area contributed by atoms with Gasteiger partial charge in [0.15, 0.2) is 0 Å². The lowest BCUT2D eigenvalue weighted by atomic mass is 9.99. The highest BCUT2D eigenvalue weighted by molar-refractivity contribution is 5.25. The number of likely N-dealkylation sites (N-methyl/N-ethyl adjacent to an activating group) is 1. The Morgan fingerprint density at radius 2 is 1.69 bits per heavy atom. The maximum Gasteiger partial charge on any atom is 0.0178 e. The van der Waals surface area contributed by atoms with Crippen molar-refractivity contribution in [2.24, 2.45) is 5.73 Å². The molecule has 0 aliphatic heterocycles. The maximum atomic E-state index is 5.59. The van der Waals surface area contributed by atoms with Gasteiger partial charge in [-0.1, -0.05) is 45.0 Å². The van der Waals surface area contributed by atoms with Crippen molar-refractivity contribution < 1.29 is 0 Å². The summed E-state index contributed by atoms with van der Waals surface area (Å²) in [5.74, 6) is 0.590. The van der Waals surface area contributed by atoms with Crippen LogP contribution in [0.15, 0.2) is 24.3 Å². The third-order valence-corrected chi connectivity index (χ3v) is 3.21. The van der Waals surface area contributed by atoms with Crippen LogP contribution in [0.5, 0.6) is 0 Å². The summed E-state index contributed by atoms with van der Waals surface area (Å²) in [5.41, 5.74) is 8.21. The molecule has 2 heteroatoms. The van der Waals surface area contributed by atoms with E-state index in [0.29, 0.717) is 12.5 Å². The SMILES string of the molecule is CCN(CC)CC(C)c1ccc(CN)cc1. The van der Waals surface area contributed by atoms with Gasteiger partial charge < -0.3 is 10.6 Å². The predicted molar refractivity (Wildman–Crippen MR) is 70.5 cm³/mol. The Labute approximate surface area is 99.5 Å². The van der Waals surface area contributed by atoms with Crippen molar-refractivity contribution >= 4 is 0 Å². The average molecular weight is 220 g/mol. The van der Waals surface area contributed by atoms with Crippen LogP contribution in [0.2, 0.25) is 0 Å². The molecule has 1 rings (SSSR count). The summed E-state index contributed by atoms with van der Waals surface area (Å²) in [7, 11) is 0. The van der Waals surface area contributed by atoms with Crippen LogP contribution in [0.4, 0.5) is 0 Å². The average Bonchev–Trinajstić information content (AvgIpc) is 2.35. The van der Waals surface area contributed by atoms with E-state index in [9.17, 15) is 0 Å². The third kappa shape index (κ3) is 3.62. The van der Waals surface area contributed by atoms with Crippen LogP contribution in [-0.2, 0) is 6.54 Å². The van der Waals surface area contributed by atoms with E-state index in [4.69, 9.17) is 5.73 Å². The molecule has 0 heterocycles. The molecule has 16 heavy (non-hydrogen) atoms. The largest absolute Gasteiger partial charge is 0.326 e. The van der Waals surface area contributed by atoms with Gasteiger partial charge in [-0.25, -0.2) is 0 Å². The van der Waals surface area contributed by atoms with Crippen molar-refractivity contribution in [1.29, 1.82) is 0 Å². The van der Waals surface area contributed by atoms with Crippen LogP contribution >= 0.6 is 0 Å². The molecule has 1 atom stereocenters. The standard InChI is InChI=1S/C14H24N2/c1-4-16(5-2)11-12(3)14-8-6-13(10-15)7-9-14/h6-9,12H,4-5,10-11,15H2,1-3H3. The molecule has 1 aromatic carbocycles. The van der Waals surface area contributed by atoms with E-state index >= 15 is 0 Å². The molecule has 0 aliphatic rings. The summed E-state index contributed by atoms with van der Waals surface area (Å²) in [4.78, 5) is 2.46. The second kappa shape index (κ2) is 6.66. The zero-order valence-electron chi connectivity index (χ0n) is 10.7. The zero-order chi connectivity index (χ0) is 12.0. The molecule has 0 saturated carbocycles. The smallest absolute Gasteiger partial charge is 0.0178 e. The lowest BCUT2D eigenvalue weighted by Crippen LogP contribution is -2.27. The molecular weight excluding hydrogens is 196 g/mol. The van der Waals surface area contributed by atoms with Gasteiger partial charge in [0.05, 0.1) is 0 Å². The summed E-state index contributed by atoms with van der Waals surface area (Å²) in [6.07, 6.45) is 0. The minimum atomic E-state index is 0.590. The zero-order valence-corrected chi connectivity index (χ0v) is 10.7. The maximum absolute atomic E-state index is 5.59. The van der Waals surface area contributed by atoms with Crippen LogP contribution < -0.4 is 5.73 Å². The van der Waals surface area contributed by atoms with E-state index in [-0.39, 0.29) is 0 Å². The number of nitrogens with zero attached hydrogens (tertiary/aromatic N) is 1. The van der Waals surface area contributed by atoms with E-state index in [1.807, 2.05) is 0 Å². The van der Waals surface area contributed by atoms with Gasteiger partial charge in [0.2, 0.25) is 0 Å². The van der Waals surface area contributed by atoms with Gasteiger partial charge in [0.1, 0.15) is 0 Å². The Morgan fingerprint density at radius 3 is 2.12 bits per heavy atom. The monoisotopic (exact) mass is 220 g/mol. The number of rotatable bonds is 6. The molecule has 0 radical (unpaired) electrons. The first-order valence-corrected chi connectivity index (χ1v) is 6.22. The van der Waals surface area contributed by atoms with E-state index in [2.05, 4.69) is 49.9 Å². The van der Waals surface area contributed by atoms with Crippen LogP contribution in [-0.4, -0.2) is 24.5 Å². The Hall–Kier alpha value is -0.860. The van der Waals surface area contributed by atoms with Gasteiger partial charge in [-0.2, -0.15) is 0 Å². The quantitative estimate of drug-likeness (QED) is 0.798. The fourth-order valence-electron chi connectivity index (χ4n) is 1.96. The molecule has 0 aromatic heterocycles. The molecule has 0 fully saturated rings. The first kappa shape index (κ1) is 13.2. The van der Waals surface area contributed by atoms with E-state index < -0.39 is 0 Å². The lowest BCUT2D eigenvalue weighted by molar-refractivity contribution is 0.288. The first-order valence-electron chi connectivity index (χ1n) is 6.22. The second-order valence-electron chi connectivity index (χ2n) is 4.33. The molecule has 0 bridgehead atoms. The van der Waals surface area contributed by atoms with Gasteiger partial charge in [-0.3, -0.25) is 0 Å². The van der Waals surface area contributed by atoms with Crippen LogP contribution in [0.3, 0.4) is 0 Å². The minimum Gasteiger partial charge on any atom is -0.326 e. The Bertz CT molecular complexity index is 288. The first-order chi connectivity index (χ1) is 7.71. The van der Waals surface area contributed by atoms with Crippen molar-refractivity contribution in [3.63, 3.8) is 0 Å². The molecule has 0 aliphatic carbocycles. The van der Waals surface area contributed by atoms with Crippen LogP contribution in [0, 0.1) is 0 Å². The topological polar surface area (TPSA) is 29.3 Å². The molecule has 0 spiro atoms. The minimum absolute atomic E-state index is 0.590. The molecule has 0 saturated heterocycles. The van der Waals surface area contributed by atoms with Gasteiger partial charge in [-0.05, 0) is 30.1 Å². The van der Waals surface area contributed by atoms with E-state index in [0.717, 1.165) is 19.6 Å². The Morgan fingerprint density at radius 1 is 1.12 bits per heavy atom. The second-order valence-corrected chi connectivity index (χ2v) is 4.33. The molecule has 1 unspecified atom stereocenters. The normalized spacial score (nSPS) is 13.1. The summed E-state index contributed by atoms with van der Waals surface area (Å²) >= 11 is 0. The summed E-state index contributed by atoms with van der Waals surface area (Å²) < 4.78 is 0. The number of nitrogens with two attached hydrogens (primary N) is 1. The van der Waals surface area contributed by atoms with Gasteiger partial charge in [0, 0.05) is 13.1 Å². The summed E-state index contributed by atoms with van der Waals surface area (Å²) in [5, 5.41) is 0. The van der Waals surface area contributed by atoms with E-state index in [1.165, 1.54) is 11.1 Å². The molecule has 90 valence electrons. The van der Waals surface area contributed by atoms with Crippen LogP contribution in [0.1, 0.15) is 37.8 Å². The van der Waals surface area contributed by atoms with Crippen LogP contribution in [0.25, 0.3) is 0 Å². The molecular formula is C14H24N2. The van der Waals surface area contributed by atoms with Crippen molar-refractivity contribution in [2.45, 2.75) is 33.2 Å². The molecule has 1 aromatic rings. The highest BCUT2D eigenvalue weighted by Gasteiger charge is 2.09.